The van der Waals surface area contributed by atoms with Crippen LogP contribution in [0.4, 0.5) is 15.5 Å². The number of benzene rings is 1. The summed E-state index contributed by atoms with van der Waals surface area (Å²) in [4.78, 5) is 25.9. The Morgan fingerprint density at radius 2 is 1.88 bits per heavy atom. The molecule has 7 heteroatoms. The maximum atomic E-state index is 12.4. The van der Waals surface area contributed by atoms with Gasteiger partial charge in [0, 0.05) is 15.0 Å². The summed E-state index contributed by atoms with van der Waals surface area (Å²) < 4.78 is 6.14. The summed E-state index contributed by atoms with van der Waals surface area (Å²) in [5.74, 6) is -0.360. The number of anilines is 2. The van der Waals surface area contributed by atoms with E-state index >= 15 is 0 Å². The Morgan fingerprint density at radius 3 is 2.60 bits per heavy atom. The van der Waals surface area contributed by atoms with Crippen molar-refractivity contribution in [3.05, 3.63) is 44.7 Å². The second kappa shape index (κ2) is 8.01. The van der Waals surface area contributed by atoms with Crippen molar-refractivity contribution in [1.82, 2.24) is 0 Å². The van der Waals surface area contributed by atoms with Crippen molar-refractivity contribution >= 4 is 50.0 Å². The molecule has 1 aliphatic rings. The van der Waals surface area contributed by atoms with E-state index in [9.17, 15) is 9.59 Å². The highest BCUT2D eigenvalue weighted by atomic mass is 79.9. The van der Waals surface area contributed by atoms with Crippen molar-refractivity contribution in [2.45, 2.75) is 32.6 Å². The largest absolute Gasteiger partial charge is 0.462 e. The molecule has 0 saturated heterocycles. The summed E-state index contributed by atoms with van der Waals surface area (Å²) in [6.45, 7) is 2.10. The third-order valence-corrected chi connectivity index (χ3v) is 5.72. The maximum Gasteiger partial charge on any atom is 0.341 e. The minimum absolute atomic E-state index is 0.313. The quantitative estimate of drug-likeness (QED) is 0.664. The highest BCUT2D eigenvalue weighted by molar-refractivity contribution is 9.10. The van der Waals surface area contributed by atoms with Gasteiger partial charge in [0.1, 0.15) is 5.00 Å². The van der Waals surface area contributed by atoms with Crippen LogP contribution in [0.25, 0.3) is 0 Å². The normalized spacial score (nSPS) is 13.0. The van der Waals surface area contributed by atoms with E-state index in [4.69, 9.17) is 4.74 Å². The Bertz CT molecular complexity index is 786. The number of urea groups is 1. The molecule has 3 rings (SSSR count). The molecule has 25 heavy (non-hydrogen) atoms. The molecule has 2 aromatic rings. The number of carbonyl (C=O) groups is 2. The Kier molecular flexibility index (Phi) is 5.75. The number of ether oxygens (including phenoxy) is 1. The number of hydrogen-bond donors (Lipinski definition) is 2. The third kappa shape index (κ3) is 4.22. The van der Waals surface area contributed by atoms with Crippen LogP contribution in [0, 0.1) is 0 Å². The second-order valence-corrected chi connectivity index (χ2v) is 7.74. The summed E-state index contributed by atoms with van der Waals surface area (Å²) in [6.07, 6.45) is 3.97. The van der Waals surface area contributed by atoms with Crippen molar-refractivity contribution in [3.8, 4) is 0 Å². The van der Waals surface area contributed by atoms with E-state index in [0.717, 1.165) is 35.7 Å². The number of aryl methyl sites for hydroxylation is 1. The third-order valence-electron chi connectivity index (χ3n) is 3.98. The lowest BCUT2D eigenvalue weighted by Crippen LogP contribution is -2.20. The molecule has 132 valence electrons. The average Bonchev–Trinajstić information content (AvgIpc) is 2.95. The van der Waals surface area contributed by atoms with Crippen molar-refractivity contribution in [3.63, 3.8) is 0 Å². The zero-order valence-corrected chi connectivity index (χ0v) is 16.3. The van der Waals surface area contributed by atoms with Crippen molar-refractivity contribution in [2.75, 3.05) is 17.2 Å². The van der Waals surface area contributed by atoms with Crippen LogP contribution < -0.4 is 10.6 Å². The number of nitrogens with one attached hydrogen (secondary N) is 2. The molecular weight excluding hydrogens is 404 g/mol. The van der Waals surface area contributed by atoms with E-state index in [1.807, 2.05) is 12.1 Å². The SMILES string of the molecule is CCOC(=O)c1c(NC(=O)Nc2ccc(Br)cc2)sc2c1CCCC2. The molecular formula is C18H19BrN2O3S. The lowest BCUT2D eigenvalue weighted by molar-refractivity contribution is 0.0526. The number of hydrogen-bond acceptors (Lipinski definition) is 4. The van der Waals surface area contributed by atoms with Gasteiger partial charge in [-0.3, -0.25) is 5.32 Å². The van der Waals surface area contributed by atoms with Gasteiger partial charge >= 0.3 is 12.0 Å². The topological polar surface area (TPSA) is 67.4 Å². The van der Waals surface area contributed by atoms with Gasteiger partial charge in [-0.1, -0.05) is 15.9 Å². The smallest absolute Gasteiger partial charge is 0.341 e. The highest BCUT2D eigenvalue weighted by Crippen LogP contribution is 2.38. The summed E-state index contributed by atoms with van der Waals surface area (Å²) >= 11 is 4.84. The molecule has 5 nitrogen and oxygen atoms in total. The van der Waals surface area contributed by atoms with Gasteiger partial charge in [-0.15, -0.1) is 11.3 Å². The Balaban J connectivity index is 1.81. The number of amides is 2. The molecule has 0 atom stereocenters. The monoisotopic (exact) mass is 422 g/mol. The standard InChI is InChI=1S/C18H19BrN2O3S/c1-2-24-17(22)15-13-5-3-4-6-14(13)25-16(15)21-18(23)20-12-9-7-11(19)8-10-12/h7-10H,2-6H2,1H3,(H2,20,21,23). The summed E-state index contributed by atoms with van der Waals surface area (Å²) in [5, 5.41) is 6.18. The van der Waals surface area contributed by atoms with Crippen LogP contribution in [0.15, 0.2) is 28.7 Å². The first kappa shape index (κ1) is 17.9. The maximum absolute atomic E-state index is 12.4. The molecule has 1 aromatic carbocycles. The predicted octanol–water partition coefficient (Wildman–Crippen LogP) is 5.21. The molecule has 1 aliphatic carbocycles. The molecule has 2 amide bonds. The van der Waals surface area contributed by atoms with Gasteiger partial charge in [-0.05, 0) is 62.4 Å². The number of thiophene rings is 1. The molecule has 1 aromatic heterocycles. The van der Waals surface area contributed by atoms with Gasteiger partial charge in [-0.2, -0.15) is 0 Å². The van der Waals surface area contributed by atoms with E-state index in [0.29, 0.717) is 22.9 Å². The van der Waals surface area contributed by atoms with Crippen molar-refractivity contribution in [1.29, 1.82) is 0 Å². The summed E-state index contributed by atoms with van der Waals surface area (Å²) in [6, 6.07) is 6.93. The van der Waals surface area contributed by atoms with E-state index in [-0.39, 0.29) is 12.0 Å². The molecule has 0 unspecified atom stereocenters. The van der Waals surface area contributed by atoms with E-state index < -0.39 is 0 Å². The minimum Gasteiger partial charge on any atom is -0.462 e. The zero-order valence-electron chi connectivity index (χ0n) is 13.9. The number of fused-ring (bicyclic) bond motifs is 1. The Hall–Kier alpha value is -1.86. The Morgan fingerprint density at radius 1 is 1.16 bits per heavy atom. The predicted molar refractivity (Wildman–Crippen MR) is 104 cm³/mol. The fourth-order valence-corrected chi connectivity index (χ4v) is 4.41. The van der Waals surface area contributed by atoms with Gasteiger partial charge in [0.05, 0.1) is 12.2 Å². The fourth-order valence-electron chi connectivity index (χ4n) is 2.87. The molecule has 0 saturated carbocycles. The highest BCUT2D eigenvalue weighted by Gasteiger charge is 2.27. The van der Waals surface area contributed by atoms with Gasteiger partial charge in [0.15, 0.2) is 0 Å². The lowest BCUT2D eigenvalue weighted by Gasteiger charge is -2.12. The molecule has 0 aliphatic heterocycles. The number of esters is 1. The van der Waals surface area contributed by atoms with Crippen molar-refractivity contribution in [2.24, 2.45) is 0 Å². The summed E-state index contributed by atoms with van der Waals surface area (Å²) in [7, 11) is 0. The molecule has 2 N–H and O–H groups in total. The van der Waals surface area contributed by atoms with Gasteiger partial charge in [0.25, 0.3) is 0 Å². The molecule has 0 fully saturated rings. The zero-order chi connectivity index (χ0) is 17.8. The number of carbonyl (C=O) groups excluding carboxylic acids is 2. The first-order valence-corrected chi connectivity index (χ1v) is 9.84. The lowest BCUT2D eigenvalue weighted by atomic mass is 9.95. The van der Waals surface area contributed by atoms with E-state index in [2.05, 4.69) is 26.6 Å². The van der Waals surface area contributed by atoms with Gasteiger partial charge in [0.2, 0.25) is 0 Å². The number of halogens is 1. The first-order chi connectivity index (χ1) is 12.1. The van der Waals surface area contributed by atoms with Crippen LogP contribution in [0.5, 0.6) is 0 Å². The minimum atomic E-state index is -0.369. The molecule has 0 spiro atoms. The van der Waals surface area contributed by atoms with E-state index in [1.54, 1.807) is 19.1 Å². The van der Waals surface area contributed by atoms with Gasteiger partial charge in [-0.25, -0.2) is 9.59 Å². The van der Waals surface area contributed by atoms with Crippen LogP contribution in [-0.2, 0) is 17.6 Å². The summed E-state index contributed by atoms with van der Waals surface area (Å²) in [5.41, 5.74) is 2.24. The average molecular weight is 423 g/mol. The number of rotatable bonds is 4. The van der Waals surface area contributed by atoms with Crippen LogP contribution >= 0.6 is 27.3 Å². The first-order valence-electron chi connectivity index (χ1n) is 8.23. The van der Waals surface area contributed by atoms with Crippen LogP contribution in [0.1, 0.15) is 40.6 Å². The van der Waals surface area contributed by atoms with Crippen molar-refractivity contribution < 1.29 is 14.3 Å². The van der Waals surface area contributed by atoms with E-state index in [1.165, 1.54) is 16.2 Å². The molecule has 0 bridgehead atoms. The van der Waals surface area contributed by atoms with Crippen LogP contribution in [-0.4, -0.2) is 18.6 Å². The second-order valence-electron chi connectivity index (χ2n) is 5.72. The Labute approximate surface area is 158 Å². The molecule has 1 heterocycles. The molecule has 0 radical (unpaired) electrons. The van der Waals surface area contributed by atoms with Crippen LogP contribution in [0.3, 0.4) is 0 Å². The van der Waals surface area contributed by atoms with Gasteiger partial charge < -0.3 is 10.1 Å². The van der Waals surface area contributed by atoms with Crippen LogP contribution in [0.2, 0.25) is 0 Å². The fraction of sp³-hybridized carbons (Fsp3) is 0.333.